The van der Waals surface area contributed by atoms with E-state index in [0.29, 0.717) is 18.8 Å². The molecule has 0 N–H and O–H groups in total. The van der Waals surface area contributed by atoms with E-state index in [4.69, 9.17) is 4.74 Å². The van der Waals surface area contributed by atoms with Gasteiger partial charge in [0.2, 0.25) is 12.1 Å². The molecule has 0 saturated carbocycles. The minimum absolute atomic E-state index is 0.0119. The number of fused-ring (bicyclic) bond motifs is 2. The van der Waals surface area contributed by atoms with Gasteiger partial charge in [0, 0.05) is 25.5 Å². The Labute approximate surface area is 174 Å². The molecule has 30 heavy (non-hydrogen) atoms. The second kappa shape index (κ2) is 7.63. The monoisotopic (exact) mass is 399 g/mol. The molecule has 2 aliphatic heterocycles. The van der Waals surface area contributed by atoms with E-state index in [1.807, 2.05) is 47.4 Å². The molecule has 0 bridgehead atoms. The summed E-state index contributed by atoms with van der Waals surface area (Å²) in [5, 5.41) is 0. The molecule has 2 aliphatic rings. The maximum absolute atomic E-state index is 13.1. The number of ether oxygens (including phenoxy) is 1. The molecular weight excluding hydrogens is 378 g/mol. The Kier molecular flexibility index (Phi) is 4.67. The lowest BCUT2D eigenvalue weighted by molar-refractivity contribution is -0.130. The average molecular weight is 399 g/mol. The minimum Gasteiger partial charge on any atom is -0.461 e. The van der Waals surface area contributed by atoms with Crippen LogP contribution in [0.2, 0.25) is 0 Å². The minimum atomic E-state index is -0.797. The summed E-state index contributed by atoms with van der Waals surface area (Å²) in [4.78, 5) is 32.4. The van der Waals surface area contributed by atoms with Crippen LogP contribution in [0.15, 0.2) is 67.0 Å². The normalized spacial score (nSPS) is 17.1. The van der Waals surface area contributed by atoms with Crippen LogP contribution in [0.3, 0.4) is 0 Å². The van der Waals surface area contributed by atoms with Crippen molar-refractivity contribution < 1.29 is 14.3 Å². The van der Waals surface area contributed by atoms with Crippen LogP contribution in [0.5, 0.6) is 5.75 Å². The topological polar surface area (TPSA) is 62.7 Å². The highest BCUT2D eigenvalue weighted by atomic mass is 16.5. The van der Waals surface area contributed by atoms with E-state index in [1.54, 1.807) is 17.3 Å². The number of amides is 1. The van der Waals surface area contributed by atoms with E-state index in [2.05, 4.69) is 17.1 Å². The van der Waals surface area contributed by atoms with Crippen molar-refractivity contribution in [1.29, 1.82) is 0 Å². The van der Waals surface area contributed by atoms with Crippen molar-refractivity contribution in [2.24, 2.45) is 0 Å². The van der Waals surface area contributed by atoms with Crippen LogP contribution in [0.4, 0.5) is 5.69 Å². The van der Waals surface area contributed by atoms with E-state index in [1.165, 1.54) is 11.1 Å². The summed E-state index contributed by atoms with van der Waals surface area (Å²) in [6.45, 7) is 1.37. The Hall–Kier alpha value is -3.67. The first-order valence-electron chi connectivity index (χ1n) is 10.0. The van der Waals surface area contributed by atoms with Crippen LogP contribution in [0.1, 0.15) is 11.1 Å². The van der Waals surface area contributed by atoms with E-state index >= 15 is 0 Å². The highest BCUT2D eigenvalue weighted by molar-refractivity contribution is 5.87. The van der Waals surface area contributed by atoms with Crippen molar-refractivity contribution in [3.05, 3.63) is 78.1 Å². The Morgan fingerprint density at radius 2 is 1.87 bits per heavy atom. The predicted molar refractivity (Wildman–Crippen MR) is 113 cm³/mol. The lowest BCUT2D eigenvalue weighted by atomic mass is 10.00. The SMILES string of the molecule is O=CC1Oc2ccc(-c3ccncc3)cc2N1CC(=O)N1CCc2ccccc2C1. The molecule has 5 rings (SSSR count). The molecule has 3 aromatic rings. The van der Waals surface area contributed by atoms with Gasteiger partial charge in [0.05, 0.1) is 5.69 Å². The van der Waals surface area contributed by atoms with Crippen LogP contribution < -0.4 is 9.64 Å². The number of aromatic nitrogens is 1. The number of nitrogens with zero attached hydrogens (tertiary/aromatic N) is 3. The van der Waals surface area contributed by atoms with Gasteiger partial charge in [0.25, 0.3) is 0 Å². The van der Waals surface area contributed by atoms with Crippen LogP contribution in [0.25, 0.3) is 11.1 Å². The molecule has 1 aromatic heterocycles. The Morgan fingerprint density at radius 3 is 2.67 bits per heavy atom. The fourth-order valence-electron chi connectivity index (χ4n) is 4.13. The number of aldehydes is 1. The number of carbonyl (C=O) groups is 2. The van der Waals surface area contributed by atoms with Crippen LogP contribution in [0, 0.1) is 0 Å². The number of carbonyl (C=O) groups excluding carboxylic acids is 2. The third kappa shape index (κ3) is 3.30. The van der Waals surface area contributed by atoms with Crippen LogP contribution in [-0.4, -0.2) is 41.4 Å². The molecule has 0 aliphatic carbocycles. The molecular formula is C24H21N3O3. The molecule has 1 atom stereocenters. The quantitative estimate of drug-likeness (QED) is 0.631. The second-order valence-electron chi connectivity index (χ2n) is 7.52. The van der Waals surface area contributed by atoms with Gasteiger partial charge in [0.1, 0.15) is 12.3 Å². The molecule has 2 aromatic carbocycles. The summed E-state index contributed by atoms with van der Waals surface area (Å²) in [7, 11) is 0. The second-order valence-corrected chi connectivity index (χ2v) is 7.52. The Balaban J connectivity index is 1.39. The maximum atomic E-state index is 13.1. The van der Waals surface area contributed by atoms with Crippen molar-refractivity contribution in [2.45, 2.75) is 19.2 Å². The smallest absolute Gasteiger partial charge is 0.242 e. The Morgan fingerprint density at radius 1 is 1.07 bits per heavy atom. The number of hydrogen-bond donors (Lipinski definition) is 0. The first-order valence-corrected chi connectivity index (χ1v) is 10.0. The number of anilines is 1. The standard InChI is InChI=1S/C24H21N3O3/c28-16-24-27(15-23(29)26-12-9-17-3-1-2-4-20(17)14-26)21-13-19(5-6-22(21)30-24)18-7-10-25-11-8-18/h1-8,10-11,13,16,24H,9,12,14-15H2. The van der Waals surface area contributed by atoms with Gasteiger partial charge in [-0.25, -0.2) is 0 Å². The number of pyridine rings is 1. The fraction of sp³-hybridized carbons (Fsp3) is 0.208. The zero-order valence-corrected chi connectivity index (χ0v) is 16.4. The summed E-state index contributed by atoms with van der Waals surface area (Å²) in [6, 6.07) is 17.8. The van der Waals surface area contributed by atoms with Gasteiger partial charge in [-0.1, -0.05) is 30.3 Å². The van der Waals surface area contributed by atoms with Gasteiger partial charge < -0.3 is 14.5 Å². The van der Waals surface area contributed by atoms with E-state index in [9.17, 15) is 9.59 Å². The van der Waals surface area contributed by atoms with Gasteiger partial charge in [-0.2, -0.15) is 0 Å². The molecule has 0 spiro atoms. The average Bonchev–Trinajstić information content (AvgIpc) is 3.16. The zero-order valence-electron chi connectivity index (χ0n) is 16.4. The van der Waals surface area contributed by atoms with Crippen LogP contribution in [-0.2, 0) is 22.6 Å². The predicted octanol–water partition coefficient (Wildman–Crippen LogP) is 3.06. The van der Waals surface area contributed by atoms with Gasteiger partial charge >= 0.3 is 0 Å². The van der Waals surface area contributed by atoms with Gasteiger partial charge in [-0.15, -0.1) is 0 Å². The van der Waals surface area contributed by atoms with E-state index in [-0.39, 0.29) is 12.5 Å². The summed E-state index contributed by atoms with van der Waals surface area (Å²) in [5.74, 6) is 0.601. The molecule has 0 radical (unpaired) electrons. The number of benzene rings is 2. The third-order valence-corrected chi connectivity index (χ3v) is 5.74. The van der Waals surface area contributed by atoms with Crippen molar-refractivity contribution in [1.82, 2.24) is 9.88 Å². The van der Waals surface area contributed by atoms with Gasteiger partial charge in [0.15, 0.2) is 6.29 Å². The summed E-state index contributed by atoms with van der Waals surface area (Å²) in [5.41, 5.74) is 5.23. The highest BCUT2D eigenvalue weighted by Crippen LogP contribution is 2.39. The largest absolute Gasteiger partial charge is 0.461 e. The summed E-state index contributed by atoms with van der Waals surface area (Å²) < 4.78 is 5.78. The van der Waals surface area contributed by atoms with Crippen molar-refractivity contribution >= 4 is 17.9 Å². The molecule has 0 saturated heterocycles. The molecule has 1 unspecified atom stereocenters. The molecule has 150 valence electrons. The maximum Gasteiger partial charge on any atom is 0.242 e. The fourth-order valence-corrected chi connectivity index (χ4v) is 4.13. The lowest BCUT2D eigenvalue weighted by Gasteiger charge is -2.31. The summed E-state index contributed by atoms with van der Waals surface area (Å²) >= 11 is 0. The lowest BCUT2D eigenvalue weighted by Crippen LogP contribution is -2.46. The molecule has 6 nitrogen and oxygen atoms in total. The van der Waals surface area contributed by atoms with Crippen molar-refractivity contribution in [3.8, 4) is 16.9 Å². The number of rotatable bonds is 4. The van der Waals surface area contributed by atoms with Crippen LogP contribution >= 0.6 is 0 Å². The Bertz CT molecular complexity index is 1100. The highest BCUT2D eigenvalue weighted by Gasteiger charge is 2.34. The molecule has 3 heterocycles. The number of hydrogen-bond acceptors (Lipinski definition) is 5. The van der Waals surface area contributed by atoms with Crippen molar-refractivity contribution in [2.75, 3.05) is 18.0 Å². The first-order chi connectivity index (χ1) is 14.7. The summed E-state index contributed by atoms with van der Waals surface area (Å²) in [6.07, 6.45) is 4.27. The zero-order chi connectivity index (χ0) is 20.5. The molecule has 0 fully saturated rings. The van der Waals surface area contributed by atoms with Gasteiger partial charge in [-0.3, -0.25) is 14.6 Å². The van der Waals surface area contributed by atoms with Gasteiger partial charge in [-0.05, 0) is 52.9 Å². The third-order valence-electron chi connectivity index (χ3n) is 5.74. The molecule has 6 heteroatoms. The first kappa shape index (κ1) is 18.4. The molecule has 1 amide bonds. The van der Waals surface area contributed by atoms with E-state index in [0.717, 1.165) is 29.5 Å². The van der Waals surface area contributed by atoms with E-state index < -0.39 is 6.23 Å². The van der Waals surface area contributed by atoms with Crippen molar-refractivity contribution in [3.63, 3.8) is 0 Å².